The zero-order valence-corrected chi connectivity index (χ0v) is 14.1. The first-order valence-electron chi connectivity index (χ1n) is 6.52. The molecule has 0 amide bonds. The third kappa shape index (κ3) is 2.34. The number of nitrogens with two attached hydrogens (primary N) is 1. The van der Waals surface area contributed by atoms with Gasteiger partial charge in [-0.05, 0) is 6.92 Å². The van der Waals surface area contributed by atoms with E-state index in [0.717, 1.165) is 5.75 Å². The van der Waals surface area contributed by atoms with Gasteiger partial charge in [-0.1, -0.05) is 6.92 Å². The highest BCUT2D eigenvalue weighted by Gasteiger charge is 2.38. The van der Waals surface area contributed by atoms with Crippen molar-refractivity contribution in [3.05, 3.63) is 11.6 Å². The fraction of sp³-hybridized carbons (Fsp3) is 0.545. The minimum Gasteiger partial charge on any atom is -0.306 e. The van der Waals surface area contributed by atoms with E-state index >= 15 is 0 Å². The molecule has 1 aliphatic rings. The van der Waals surface area contributed by atoms with Gasteiger partial charge in [-0.2, -0.15) is 21.1 Å². The number of sulfonamides is 1. The maximum absolute atomic E-state index is 13.1. The lowest BCUT2D eigenvalue weighted by molar-refractivity contribution is 0.339. The van der Waals surface area contributed by atoms with E-state index in [1.165, 1.54) is 11.3 Å². The summed E-state index contributed by atoms with van der Waals surface area (Å²) in [5.74, 6) is 6.44. The van der Waals surface area contributed by atoms with Gasteiger partial charge in [0.15, 0.2) is 10.8 Å². The van der Waals surface area contributed by atoms with Crippen molar-refractivity contribution in [1.82, 2.24) is 13.7 Å². The maximum Gasteiger partial charge on any atom is 0.263 e. The molecule has 2 unspecified atom stereocenters. The maximum atomic E-state index is 13.1. The summed E-state index contributed by atoms with van der Waals surface area (Å²) in [5, 5.41) is 2.18. The van der Waals surface area contributed by atoms with Gasteiger partial charge in [-0.3, -0.25) is 4.40 Å². The number of nitrogens with zero attached hydrogens (tertiary/aromatic N) is 3. The van der Waals surface area contributed by atoms with Crippen molar-refractivity contribution in [3.8, 4) is 0 Å². The van der Waals surface area contributed by atoms with Crippen molar-refractivity contribution < 1.29 is 8.42 Å². The average Bonchev–Trinajstić information content (AvgIpc) is 3.00. The molecule has 0 saturated carbocycles. The first-order valence-corrected chi connectivity index (χ1v) is 9.89. The zero-order valence-electron chi connectivity index (χ0n) is 11.7. The molecule has 3 N–H and O–H groups in total. The van der Waals surface area contributed by atoms with E-state index in [-0.39, 0.29) is 22.1 Å². The number of hydrogen-bond donors (Lipinski definition) is 2. The second-order valence-electron chi connectivity index (χ2n) is 4.90. The van der Waals surface area contributed by atoms with Crippen LogP contribution in [0.25, 0.3) is 4.96 Å². The molecule has 7 nitrogen and oxygen atoms in total. The van der Waals surface area contributed by atoms with Crippen LogP contribution in [-0.4, -0.2) is 45.7 Å². The van der Waals surface area contributed by atoms with Crippen LogP contribution in [0.5, 0.6) is 0 Å². The van der Waals surface area contributed by atoms with Gasteiger partial charge in [0.25, 0.3) is 10.0 Å². The van der Waals surface area contributed by atoms with Crippen molar-refractivity contribution in [2.24, 2.45) is 5.84 Å². The van der Waals surface area contributed by atoms with Gasteiger partial charge >= 0.3 is 0 Å². The highest BCUT2D eigenvalue weighted by Crippen LogP contribution is 2.33. The van der Waals surface area contributed by atoms with E-state index in [2.05, 4.69) is 17.3 Å². The first-order chi connectivity index (χ1) is 9.96. The van der Waals surface area contributed by atoms with Gasteiger partial charge in [-0.25, -0.2) is 14.3 Å². The van der Waals surface area contributed by atoms with Crippen LogP contribution in [0.15, 0.2) is 16.6 Å². The Bertz CT molecular complexity index is 753. The molecule has 1 fully saturated rings. The molecular formula is C11H17N5O2S3. The predicted molar refractivity (Wildman–Crippen MR) is 86.2 cm³/mol. The van der Waals surface area contributed by atoms with Crippen LogP contribution in [0.1, 0.15) is 13.8 Å². The standard InChI is InChI=1S/C11H17N5O2S3/c1-7-8(2)19-6-4-16(7)21(17,18)10-9(14-12)13-11-15(10)3-5-20-11/h3,5,7-8,14H,4,6,12H2,1-2H3. The van der Waals surface area contributed by atoms with E-state index in [4.69, 9.17) is 5.84 Å². The minimum absolute atomic E-state index is 0.0661. The third-order valence-electron chi connectivity index (χ3n) is 3.73. The minimum atomic E-state index is -3.66. The van der Waals surface area contributed by atoms with Crippen LogP contribution in [-0.2, 0) is 10.0 Å². The van der Waals surface area contributed by atoms with Crippen molar-refractivity contribution in [3.63, 3.8) is 0 Å². The second kappa shape index (κ2) is 5.43. The molecule has 0 spiro atoms. The van der Waals surface area contributed by atoms with Crippen molar-refractivity contribution >= 4 is 43.9 Å². The van der Waals surface area contributed by atoms with Gasteiger partial charge in [0.1, 0.15) is 0 Å². The Hall–Kier alpha value is -0.810. The van der Waals surface area contributed by atoms with Crippen molar-refractivity contribution in [1.29, 1.82) is 0 Å². The number of imidazole rings is 1. The molecule has 2 atom stereocenters. The van der Waals surface area contributed by atoms with Gasteiger partial charge in [0.05, 0.1) is 0 Å². The van der Waals surface area contributed by atoms with Gasteiger partial charge in [-0.15, -0.1) is 11.3 Å². The number of hydrazine groups is 1. The lowest BCUT2D eigenvalue weighted by Gasteiger charge is -2.36. The number of fused-ring (bicyclic) bond motifs is 1. The summed E-state index contributed by atoms with van der Waals surface area (Å²) in [6.45, 7) is 4.49. The molecule has 3 rings (SSSR count). The van der Waals surface area contributed by atoms with Crippen LogP contribution >= 0.6 is 23.1 Å². The fourth-order valence-corrected chi connectivity index (χ4v) is 6.44. The molecule has 2 aromatic rings. The van der Waals surface area contributed by atoms with Gasteiger partial charge in [0, 0.05) is 35.2 Å². The zero-order chi connectivity index (χ0) is 15.2. The van der Waals surface area contributed by atoms with Crippen LogP contribution in [0.4, 0.5) is 5.82 Å². The fourth-order valence-electron chi connectivity index (χ4n) is 2.46. The molecule has 1 aliphatic heterocycles. The topological polar surface area (TPSA) is 92.7 Å². The molecule has 2 aromatic heterocycles. The second-order valence-corrected chi connectivity index (χ2v) is 9.06. The molecule has 116 valence electrons. The van der Waals surface area contributed by atoms with Crippen LogP contribution in [0.2, 0.25) is 0 Å². The average molecular weight is 347 g/mol. The first kappa shape index (κ1) is 15.1. The molecule has 21 heavy (non-hydrogen) atoms. The van der Waals surface area contributed by atoms with Crippen molar-refractivity contribution in [2.75, 3.05) is 17.7 Å². The normalized spacial score (nSPS) is 24.5. The lowest BCUT2D eigenvalue weighted by atomic mass is 10.2. The molecule has 0 bridgehead atoms. The highest BCUT2D eigenvalue weighted by molar-refractivity contribution is 8.00. The molecule has 0 aromatic carbocycles. The summed E-state index contributed by atoms with van der Waals surface area (Å²) < 4.78 is 29.3. The Balaban J connectivity index is 2.13. The van der Waals surface area contributed by atoms with E-state index in [1.54, 1.807) is 32.0 Å². The Morgan fingerprint density at radius 2 is 2.24 bits per heavy atom. The van der Waals surface area contributed by atoms with Crippen LogP contribution < -0.4 is 11.3 Å². The summed E-state index contributed by atoms with van der Waals surface area (Å²) in [6.07, 6.45) is 1.70. The number of nitrogens with one attached hydrogen (secondary N) is 1. The summed E-state index contributed by atoms with van der Waals surface area (Å²) in [5.41, 5.74) is 2.41. The van der Waals surface area contributed by atoms with E-state index < -0.39 is 10.0 Å². The summed E-state index contributed by atoms with van der Waals surface area (Å²) >= 11 is 3.16. The van der Waals surface area contributed by atoms with Crippen molar-refractivity contribution in [2.45, 2.75) is 30.2 Å². The number of hydrogen-bond acceptors (Lipinski definition) is 7. The SMILES string of the molecule is CC1SCCN(S(=O)(=O)c2c(NN)nc3sccn23)C1C. The number of nitrogen functional groups attached to an aromatic ring is 1. The molecule has 0 radical (unpaired) electrons. The van der Waals surface area contributed by atoms with Gasteiger partial charge < -0.3 is 5.43 Å². The summed E-state index contributed by atoms with van der Waals surface area (Å²) in [6, 6.07) is -0.0661. The van der Waals surface area contributed by atoms with E-state index in [1.807, 2.05) is 6.92 Å². The quantitative estimate of drug-likeness (QED) is 0.640. The smallest absolute Gasteiger partial charge is 0.263 e. The highest BCUT2D eigenvalue weighted by atomic mass is 32.2. The van der Waals surface area contributed by atoms with E-state index in [0.29, 0.717) is 11.5 Å². The molecule has 0 aliphatic carbocycles. The third-order valence-corrected chi connectivity index (χ3v) is 7.84. The number of aromatic nitrogens is 2. The van der Waals surface area contributed by atoms with Crippen LogP contribution in [0.3, 0.4) is 0 Å². The largest absolute Gasteiger partial charge is 0.306 e. The Morgan fingerprint density at radius 1 is 1.48 bits per heavy atom. The number of thioether (sulfide) groups is 1. The number of anilines is 1. The van der Waals surface area contributed by atoms with E-state index in [9.17, 15) is 8.42 Å². The lowest BCUT2D eigenvalue weighted by Crippen LogP contribution is -2.48. The summed E-state index contributed by atoms with van der Waals surface area (Å²) in [7, 11) is -3.66. The van der Waals surface area contributed by atoms with Gasteiger partial charge in [0.2, 0.25) is 5.03 Å². The number of rotatable bonds is 3. The molecule has 1 saturated heterocycles. The molecular weight excluding hydrogens is 330 g/mol. The Kier molecular flexibility index (Phi) is 3.91. The number of thiazole rings is 1. The molecule has 10 heteroatoms. The Morgan fingerprint density at radius 3 is 2.95 bits per heavy atom. The summed E-state index contributed by atoms with van der Waals surface area (Å²) in [4.78, 5) is 4.84. The van der Waals surface area contributed by atoms with Crippen LogP contribution in [0, 0.1) is 0 Å². The monoisotopic (exact) mass is 347 g/mol. The Labute approximate surface area is 131 Å². The molecule has 3 heterocycles. The predicted octanol–water partition coefficient (Wildman–Crippen LogP) is 1.20.